The average molecular weight is 453 g/mol. The number of nitrogens with zero attached hydrogens (tertiary/aromatic N) is 3. The smallest absolute Gasteiger partial charge is 0.254 e. The Labute approximate surface area is 188 Å². The minimum absolute atomic E-state index is 0.0420. The lowest BCUT2D eigenvalue weighted by Gasteiger charge is -2.13. The second-order valence-electron chi connectivity index (χ2n) is 7.86. The van der Waals surface area contributed by atoms with Gasteiger partial charge in [0.1, 0.15) is 22.4 Å². The third-order valence-electron chi connectivity index (χ3n) is 5.44. The predicted molar refractivity (Wildman–Crippen MR) is 121 cm³/mol. The number of nitrogens with one attached hydrogen (secondary N) is 3. The summed E-state index contributed by atoms with van der Waals surface area (Å²) in [6.45, 7) is 0.839. The number of hydrogen-bond acceptors (Lipinski definition) is 7. The summed E-state index contributed by atoms with van der Waals surface area (Å²) in [5, 5.41) is 13.9. The van der Waals surface area contributed by atoms with Gasteiger partial charge in [0.15, 0.2) is 5.65 Å². The van der Waals surface area contributed by atoms with Crippen LogP contribution in [-0.2, 0) is 9.59 Å². The molecule has 1 saturated heterocycles. The molecule has 2 fully saturated rings. The molecule has 0 radical (unpaired) electrons. The fraction of sp³-hybridized carbons (Fsp3) is 0.273. The van der Waals surface area contributed by atoms with Crippen LogP contribution in [0.1, 0.15) is 24.8 Å². The van der Waals surface area contributed by atoms with Gasteiger partial charge < -0.3 is 15.4 Å². The Morgan fingerprint density at radius 3 is 2.91 bits per heavy atom. The molecule has 2 amide bonds. The van der Waals surface area contributed by atoms with Crippen molar-refractivity contribution in [2.45, 2.75) is 19.3 Å². The molecule has 1 saturated carbocycles. The minimum Gasteiger partial charge on any atom is -0.495 e. The van der Waals surface area contributed by atoms with E-state index in [1.165, 1.54) is 12.8 Å². The number of halogens is 1. The summed E-state index contributed by atoms with van der Waals surface area (Å²) < 4.78 is 6.99. The molecule has 3 N–H and O–H groups in total. The first kappa shape index (κ1) is 20.3. The fourth-order valence-corrected chi connectivity index (χ4v) is 3.80. The van der Waals surface area contributed by atoms with Crippen molar-refractivity contribution < 1.29 is 14.3 Å². The molecule has 164 valence electrons. The normalized spacial score (nSPS) is 17.1. The highest BCUT2D eigenvalue weighted by molar-refractivity contribution is 6.34. The zero-order chi connectivity index (χ0) is 22.2. The highest BCUT2D eigenvalue weighted by Crippen LogP contribution is 2.34. The third-order valence-corrected chi connectivity index (χ3v) is 5.83. The highest BCUT2D eigenvalue weighted by atomic mass is 35.5. The standard InChI is InChI=1S/C22H21ClN6O3/c1-32-16-4-2-3-15(20(16)23)26-17-9-18(24-10-12-5-6-12)29-21(27-17)14(11-25-29)7-13-8-19(30)28-22(13)31/h2-4,7,9,11-12,24H,5-6,8,10H2,1H3,(H,26,27)(H,28,30,31). The molecule has 0 spiro atoms. The van der Waals surface area contributed by atoms with E-state index in [4.69, 9.17) is 21.3 Å². The van der Waals surface area contributed by atoms with Crippen molar-refractivity contribution >= 4 is 52.5 Å². The number of aromatic nitrogens is 3. The van der Waals surface area contributed by atoms with Crippen molar-refractivity contribution in [1.29, 1.82) is 0 Å². The topological polar surface area (TPSA) is 110 Å². The number of rotatable bonds is 7. The van der Waals surface area contributed by atoms with Gasteiger partial charge in [0, 0.05) is 23.7 Å². The molecule has 5 rings (SSSR count). The summed E-state index contributed by atoms with van der Waals surface area (Å²) >= 11 is 6.45. The van der Waals surface area contributed by atoms with E-state index in [-0.39, 0.29) is 18.2 Å². The fourth-order valence-electron chi connectivity index (χ4n) is 3.55. The molecule has 32 heavy (non-hydrogen) atoms. The number of hydrogen-bond donors (Lipinski definition) is 3. The number of carbonyl (C=O) groups excluding carboxylic acids is 2. The molecule has 9 nitrogen and oxygen atoms in total. The Kier molecular flexibility index (Phi) is 5.18. The van der Waals surface area contributed by atoms with Gasteiger partial charge in [-0.1, -0.05) is 17.7 Å². The van der Waals surface area contributed by atoms with Crippen LogP contribution in [0.15, 0.2) is 36.0 Å². The number of imide groups is 1. The number of amides is 2. The maximum atomic E-state index is 12.0. The lowest BCUT2D eigenvalue weighted by atomic mass is 10.1. The van der Waals surface area contributed by atoms with Crippen LogP contribution in [0.2, 0.25) is 5.02 Å². The molecular formula is C22H21ClN6O3. The largest absolute Gasteiger partial charge is 0.495 e. The molecule has 3 aromatic rings. The van der Waals surface area contributed by atoms with Crippen molar-refractivity contribution in [3.05, 3.63) is 46.6 Å². The summed E-state index contributed by atoms with van der Waals surface area (Å²) in [5.74, 6) is 1.83. The molecule has 0 unspecified atom stereocenters. The van der Waals surface area contributed by atoms with E-state index >= 15 is 0 Å². The van der Waals surface area contributed by atoms with Gasteiger partial charge in [0.25, 0.3) is 5.91 Å². The van der Waals surface area contributed by atoms with E-state index in [1.54, 1.807) is 30.0 Å². The second kappa shape index (κ2) is 8.16. The minimum atomic E-state index is -0.390. The van der Waals surface area contributed by atoms with Gasteiger partial charge >= 0.3 is 0 Å². The van der Waals surface area contributed by atoms with Gasteiger partial charge in [0.2, 0.25) is 5.91 Å². The summed E-state index contributed by atoms with van der Waals surface area (Å²) in [7, 11) is 1.56. The van der Waals surface area contributed by atoms with Gasteiger partial charge in [-0.05, 0) is 37.0 Å². The maximum absolute atomic E-state index is 12.0. The molecule has 1 aliphatic heterocycles. The maximum Gasteiger partial charge on any atom is 0.254 e. The zero-order valence-electron chi connectivity index (χ0n) is 17.3. The van der Waals surface area contributed by atoms with Gasteiger partial charge in [0.05, 0.1) is 25.4 Å². The van der Waals surface area contributed by atoms with Crippen molar-refractivity contribution in [3.63, 3.8) is 0 Å². The summed E-state index contributed by atoms with van der Waals surface area (Å²) in [6, 6.07) is 7.31. The van der Waals surface area contributed by atoms with Crippen molar-refractivity contribution in [1.82, 2.24) is 19.9 Å². The second-order valence-corrected chi connectivity index (χ2v) is 8.23. The summed E-state index contributed by atoms with van der Waals surface area (Å²) in [5.41, 5.74) is 2.22. The Morgan fingerprint density at radius 2 is 2.19 bits per heavy atom. The van der Waals surface area contributed by atoms with Crippen LogP contribution >= 0.6 is 11.6 Å². The van der Waals surface area contributed by atoms with Crippen LogP contribution in [0.25, 0.3) is 11.7 Å². The van der Waals surface area contributed by atoms with E-state index in [2.05, 4.69) is 21.0 Å². The van der Waals surface area contributed by atoms with Gasteiger partial charge in [-0.25, -0.2) is 4.98 Å². The number of anilines is 3. The van der Waals surface area contributed by atoms with Crippen LogP contribution in [-0.4, -0.2) is 40.1 Å². The number of carbonyl (C=O) groups is 2. The van der Waals surface area contributed by atoms with Crippen molar-refractivity contribution in [2.24, 2.45) is 5.92 Å². The molecular weight excluding hydrogens is 432 g/mol. The van der Waals surface area contributed by atoms with Crippen LogP contribution in [0.5, 0.6) is 5.75 Å². The Hall–Kier alpha value is -3.59. The summed E-state index contributed by atoms with van der Waals surface area (Å²) in [6.07, 6.45) is 5.76. The zero-order valence-corrected chi connectivity index (χ0v) is 18.1. The highest BCUT2D eigenvalue weighted by Gasteiger charge is 2.25. The molecule has 10 heteroatoms. The van der Waals surface area contributed by atoms with E-state index in [9.17, 15) is 9.59 Å². The number of fused-ring (bicyclic) bond motifs is 1. The summed E-state index contributed by atoms with van der Waals surface area (Å²) in [4.78, 5) is 28.3. The van der Waals surface area contributed by atoms with Gasteiger partial charge in [-0.2, -0.15) is 9.61 Å². The van der Waals surface area contributed by atoms with Crippen LogP contribution < -0.4 is 20.7 Å². The molecule has 0 bridgehead atoms. The molecule has 1 aromatic carbocycles. The monoisotopic (exact) mass is 452 g/mol. The Morgan fingerprint density at radius 1 is 1.34 bits per heavy atom. The Balaban J connectivity index is 1.56. The van der Waals surface area contributed by atoms with Gasteiger partial charge in [-0.15, -0.1) is 0 Å². The molecule has 2 aromatic heterocycles. The molecule has 0 atom stereocenters. The molecule has 2 aliphatic rings. The average Bonchev–Trinajstić information content (AvgIpc) is 3.44. The van der Waals surface area contributed by atoms with E-state index in [0.29, 0.717) is 45.0 Å². The lowest BCUT2D eigenvalue weighted by molar-refractivity contribution is -0.124. The van der Waals surface area contributed by atoms with Gasteiger partial charge in [-0.3, -0.25) is 14.9 Å². The lowest BCUT2D eigenvalue weighted by Crippen LogP contribution is -2.19. The first-order chi connectivity index (χ1) is 15.5. The molecule has 1 aliphatic carbocycles. The third kappa shape index (κ3) is 3.99. The Bertz CT molecular complexity index is 1260. The van der Waals surface area contributed by atoms with E-state index in [1.807, 2.05) is 18.2 Å². The number of benzene rings is 1. The van der Waals surface area contributed by atoms with Crippen molar-refractivity contribution in [2.75, 3.05) is 24.3 Å². The SMILES string of the molecule is COc1cccc(Nc2cc(NCC3CC3)n3ncc(C=C4CC(=O)NC4=O)c3n2)c1Cl. The number of methoxy groups -OCH3 is 1. The first-order valence-electron chi connectivity index (χ1n) is 10.3. The number of ether oxygens (including phenoxy) is 1. The van der Waals surface area contributed by atoms with Crippen LogP contribution in [0, 0.1) is 5.92 Å². The predicted octanol–water partition coefficient (Wildman–Crippen LogP) is 3.39. The van der Waals surface area contributed by atoms with Crippen LogP contribution in [0.3, 0.4) is 0 Å². The van der Waals surface area contributed by atoms with E-state index in [0.717, 1.165) is 12.4 Å². The quantitative estimate of drug-likeness (QED) is 0.372. The molecule has 3 heterocycles. The van der Waals surface area contributed by atoms with Crippen LogP contribution in [0.4, 0.5) is 17.3 Å². The first-order valence-corrected chi connectivity index (χ1v) is 10.7. The van der Waals surface area contributed by atoms with E-state index < -0.39 is 0 Å². The van der Waals surface area contributed by atoms with Crippen molar-refractivity contribution in [3.8, 4) is 5.75 Å².